The molecule has 1 aliphatic rings. The highest BCUT2D eigenvalue weighted by atomic mass is 15.1. The molecule has 1 aliphatic heterocycles. The van der Waals surface area contributed by atoms with Gasteiger partial charge in [0.1, 0.15) is 0 Å². The summed E-state index contributed by atoms with van der Waals surface area (Å²) in [6, 6.07) is 0.641. The van der Waals surface area contributed by atoms with Crippen molar-refractivity contribution in [3.8, 4) is 0 Å². The van der Waals surface area contributed by atoms with Gasteiger partial charge in [0.05, 0.1) is 0 Å². The predicted molar refractivity (Wildman–Crippen MR) is 85.6 cm³/mol. The molecule has 1 saturated heterocycles. The van der Waals surface area contributed by atoms with E-state index in [1.807, 2.05) is 0 Å². The van der Waals surface area contributed by atoms with Gasteiger partial charge in [-0.3, -0.25) is 0 Å². The lowest BCUT2D eigenvalue weighted by Gasteiger charge is -2.48. The summed E-state index contributed by atoms with van der Waals surface area (Å²) in [5.41, 5.74) is 0.537. The predicted octanol–water partition coefficient (Wildman–Crippen LogP) is 4.10. The van der Waals surface area contributed by atoms with E-state index < -0.39 is 0 Å². The van der Waals surface area contributed by atoms with Gasteiger partial charge in [0.15, 0.2) is 0 Å². The summed E-state index contributed by atoms with van der Waals surface area (Å²) in [4.78, 5) is 0. The molecular formula is C17H36N2. The van der Waals surface area contributed by atoms with Gasteiger partial charge < -0.3 is 10.6 Å². The topological polar surface area (TPSA) is 24.1 Å². The molecule has 0 amide bonds. The van der Waals surface area contributed by atoms with Crippen molar-refractivity contribution in [3.63, 3.8) is 0 Å². The zero-order valence-electron chi connectivity index (χ0n) is 14.1. The Kier molecular flexibility index (Phi) is 6.32. The number of piperidine rings is 1. The van der Waals surface area contributed by atoms with Crippen molar-refractivity contribution in [1.82, 2.24) is 10.6 Å². The van der Waals surface area contributed by atoms with Crippen LogP contribution in [-0.2, 0) is 0 Å². The molecule has 0 aliphatic carbocycles. The smallest absolute Gasteiger partial charge is 0.0133 e. The quantitative estimate of drug-likeness (QED) is 0.679. The molecule has 1 rings (SSSR count). The summed E-state index contributed by atoms with van der Waals surface area (Å²) in [5, 5.41) is 7.53. The molecular weight excluding hydrogens is 232 g/mol. The van der Waals surface area contributed by atoms with Crippen LogP contribution in [0.4, 0.5) is 0 Å². The Bertz CT molecular complexity index is 242. The zero-order valence-corrected chi connectivity index (χ0v) is 14.1. The maximum atomic E-state index is 3.77. The number of rotatable bonds is 7. The van der Waals surface area contributed by atoms with Crippen molar-refractivity contribution in [3.05, 3.63) is 0 Å². The maximum absolute atomic E-state index is 3.77. The summed E-state index contributed by atoms with van der Waals surface area (Å²) in [6.07, 6.45) is 7.96. The first-order valence-electron chi connectivity index (χ1n) is 8.28. The molecule has 2 heteroatoms. The van der Waals surface area contributed by atoms with Crippen LogP contribution in [0.5, 0.6) is 0 Å². The van der Waals surface area contributed by atoms with Crippen LogP contribution >= 0.6 is 0 Å². The van der Waals surface area contributed by atoms with Gasteiger partial charge in [-0.2, -0.15) is 0 Å². The molecule has 2 nitrogen and oxygen atoms in total. The molecule has 0 saturated carbocycles. The molecule has 0 radical (unpaired) electrons. The van der Waals surface area contributed by atoms with Crippen LogP contribution in [0.1, 0.15) is 80.1 Å². The molecule has 0 bridgehead atoms. The molecule has 2 N–H and O–H groups in total. The van der Waals surface area contributed by atoms with Gasteiger partial charge in [0, 0.05) is 17.1 Å². The summed E-state index contributed by atoms with van der Waals surface area (Å²) in [7, 11) is 0. The molecule has 1 heterocycles. The van der Waals surface area contributed by atoms with Crippen molar-refractivity contribution < 1.29 is 0 Å². The van der Waals surface area contributed by atoms with Crippen LogP contribution in [-0.4, -0.2) is 23.7 Å². The van der Waals surface area contributed by atoms with Crippen molar-refractivity contribution in [1.29, 1.82) is 0 Å². The third-order valence-corrected chi connectivity index (χ3v) is 4.43. The van der Waals surface area contributed by atoms with Gasteiger partial charge in [0.25, 0.3) is 0 Å². The van der Waals surface area contributed by atoms with E-state index in [1.165, 1.54) is 45.1 Å². The van der Waals surface area contributed by atoms with Gasteiger partial charge in [-0.25, -0.2) is 0 Å². The molecule has 1 fully saturated rings. The van der Waals surface area contributed by atoms with Gasteiger partial charge in [-0.05, 0) is 66.3 Å². The molecule has 19 heavy (non-hydrogen) atoms. The van der Waals surface area contributed by atoms with Crippen molar-refractivity contribution in [2.45, 2.75) is 97.2 Å². The molecule has 1 atom stereocenters. The van der Waals surface area contributed by atoms with Crippen LogP contribution in [0.15, 0.2) is 0 Å². The SMILES string of the molecule is CCCCCCNC(C)C1CC(C)(C)NC(C)(C)C1. The van der Waals surface area contributed by atoms with Crippen molar-refractivity contribution in [2.24, 2.45) is 5.92 Å². The molecule has 1 unspecified atom stereocenters. The average molecular weight is 268 g/mol. The minimum atomic E-state index is 0.268. The van der Waals surface area contributed by atoms with E-state index in [1.54, 1.807) is 0 Å². The summed E-state index contributed by atoms with van der Waals surface area (Å²) in [6.45, 7) is 15.2. The van der Waals surface area contributed by atoms with Gasteiger partial charge in [0.2, 0.25) is 0 Å². The van der Waals surface area contributed by atoms with E-state index >= 15 is 0 Å². The second-order valence-electron chi connectivity index (χ2n) is 7.86. The molecule has 0 aromatic rings. The van der Waals surface area contributed by atoms with Gasteiger partial charge in [-0.15, -0.1) is 0 Å². The number of hydrogen-bond acceptors (Lipinski definition) is 2. The minimum absolute atomic E-state index is 0.268. The first-order chi connectivity index (χ1) is 8.76. The number of hydrogen-bond donors (Lipinski definition) is 2. The lowest BCUT2D eigenvalue weighted by Crippen LogP contribution is -2.60. The maximum Gasteiger partial charge on any atom is 0.0133 e. The Hall–Kier alpha value is -0.0800. The Balaban J connectivity index is 2.36. The van der Waals surface area contributed by atoms with Crippen LogP contribution in [0.25, 0.3) is 0 Å². The lowest BCUT2D eigenvalue weighted by atomic mass is 9.73. The fraction of sp³-hybridized carbons (Fsp3) is 1.00. The number of unbranched alkanes of at least 4 members (excludes halogenated alkanes) is 3. The fourth-order valence-electron chi connectivity index (χ4n) is 3.80. The second kappa shape index (κ2) is 7.08. The second-order valence-corrected chi connectivity index (χ2v) is 7.86. The van der Waals surface area contributed by atoms with Crippen molar-refractivity contribution >= 4 is 0 Å². The first-order valence-corrected chi connectivity index (χ1v) is 8.28. The highest BCUT2D eigenvalue weighted by molar-refractivity contribution is 4.99. The Labute approximate surface area is 121 Å². The van der Waals surface area contributed by atoms with Crippen LogP contribution in [0.2, 0.25) is 0 Å². The largest absolute Gasteiger partial charge is 0.314 e. The van der Waals surface area contributed by atoms with E-state index in [4.69, 9.17) is 0 Å². The number of nitrogens with one attached hydrogen (secondary N) is 2. The monoisotopic (exact) mass is 268 g/mol. The normalized spacial score (nSPS) is 24.3. The van der Waals surface area contributed by atoms with Crippen LogP contribution < -0.4 is 10.6 Å². The molecule has 0 spiro atoms. The van der Waals surface area contributed by atoms with E-state index in [0.717, 1.165) is 5.92 Å². The van der Waals surface area contributed by atoms with E-state index in [2.05, 4.69) is 52.2 Å². The Morgan fingerprint density at radius 1 is 1.05 bits per heavy atom. The summed E-state index contributed by atoms with van der Waals surface area (Å²) in [5.74, 6) is 0.789. The highest BCUT2D eigenvalue weighted by Gasteiger charge is 2.39. The Morgan fingerprint density at radius 3 is 2.16 bits per heavy atom. The molecule has 0 aromatic carbocycles. The van der Waals surface area contributed by atoms with Crippen LogP contribution in [0.3, 0.4) is 0 Å². The van der Waals surface area contributed by atoms with Gasteiger partial charge in [-0.1, -0.05) is 26.2 Å². The van der Waals surface area contributed by atoms with Crippen molar-refractivity contribution in [2.75, 3.05) is 6.54 Å². The standard InChI is InChI=1S/C17H36N2/c1-7-8-9-10-11-18-14(2)15-12-16(3,4)19-17(5,6)13-15/h14-15,18-19H,7-13H2,1-6H3. The minimum Gasteiger partial charge on any atom is -0.314 e. The fourth-order valence-corrected chi connectivity index (χ4v) is 3.80. The first kappa shape index (κ1) is 17.0. The Morgan fingerprint density at radius 2 is 1.63 bits per heavy atom. The van der Waals surface area contributed by atoms with Gasteiger partial charge >= 0.3 is 0 Å². The summed E-state index contributed by atoms with van der Waals surface area (Å²) >= 11 is 0. The third kappa shape index (κ3) is 6.27. The summed E-state index contributed by atoms with van der Waals surface area (Å²) < 4.78 is 0. The average Bonchev–Trinajstić information content (AvgIpc) is 2.24. The lowest BCUT2D eigenvalue weighted by molar-refractivity contribution is 0.108. The van der Waals surface area contributed by atoms with E-state index in [9.17, 15) is 0 Å². The van der Waals surface area contributed by atoms with Crippen LogP contribution in [0, 0.1) is 5.92 Å². The third-order valence-electron chi connectivity index (χ3n) is 4.43. The molecule has 114 valence electrons. The van der Waals surface area contributed by atoms with E-state index in [-0.39, 0.29) is 11.1 Å². The highest BCUT2D eigenvalue weighted by Crippen LogP contribution is 2.34. The van der Waals surface area contributed by atoms with E-state index in [0.29, 0.717) is 6.04 Å². The zero-order chi connectivity index (χ0) is 14.5. The molecule has 0 aromatic heterocycles.